The summed E-state index contributed by atoms with van der Waals surface area (Å²) in [5, 5.41) is 0. The van der Waals surface area contributed by atoms with Gasteiger partial charge in [0.2, 0.25) is 0 Å². The molecule has 6 nitrogen and oxygen atoms in total. The highest BCUT2D eigenvalue weighted by Crippen LogP contribution is 2.33. The third-order valence-corrected chi connectivity index (χ3v) is 6.54. The average molecular weight is 425 g/mol. The second-order valence-corrected chi connectivity index (χ2v) is 23.2. The minimum atomic E-state index is -1.85. The predicted molar refractivity (Wildman–Crippen MR) is 112 cm³/mol. The van der Waals surface area contributed by atoms with Gasteiger partial charge in [0.1, 0.15) is 24.4 Å². The summed E-state index contributed by atoms with van der Waals surface area (Å²) < 4.78 is 37.0. The fourth-order valence-electron chi connectivity index (χ4n) is 2.96. The standard InChI is InChI=1S/C17H40O6Si3/c1-18-12-13-14(21-24(3,4)5)15(22-25(6,7)8)16(19-2)17(20-13)23-26(9,10)11/h13-17H,12H2,1-11H3. The van der Waals surface area contributed by atoms with Crippen LogP contribution in [0.2, 0.25) is 58.9 Å². The number of rotatable bonds is 9. The molecule has 156 valence electrons. The molecule has 0 bridgehead atoms. The van der Waals surface area contributed by atoms with Crippen LogP contribution in [0.1, 0.15) is 0 Å². The molecule has 0 amide bonds. The SMILES string of the molecule is COCC1OC(O[Si](C)(C)C)C(OC)C(O[Si](C)(C)C)C1O[Si](C)(C)C. The summed E-state index contributed by atoms with van der Waals surface area (Å²) in [6, 6.07) is 0. The van der Waals surface area contributed by atoms with Gasteiger partial charge in [-0.05, 0) is 58.9 Å². The molecular weight excluding hydrogens is 384 g/mol. The highest BCUT2D eigenvalue weighted by molar-refractivity contribution is 6.70. The summed E-state index contributed by atoms with van der Waals surface area (Å²) in [7, 11) is -2.14. The molecule has 5 unspecified atom stereocenters. The van der Waals surface area contributed by atoms with E-state index in [0.29, 0.717) is 6.61 Å². The molecule has 0 aromatic heterocycles. The molecule has 1 rings (SSSR count). The molecular formula is C17H40O6Si3. The van der Waals surface area contributed by atoms with Crippen molar-refractivity contribution in [2.75, 3.05) is 20.8 Å². The van der Waals surface area contributed by atoms with Crippen molar-refractivity contribution in [2.45, 2.75) is 89.6 Å². The van der Waals surface area contributed by atoms with E-state index < -0.39 is 31.2 Å². The van der Waals surface area contributed by atoms with E-state index in [1.54, 1.807) is 14.2 Å². The third-order valence-electron chi connectivity index (χ3n) is 3.64. The van der Waals surface area contributed by atoms with Gasteiger partial charge in [0, 0.05) is 14.2 Å². The Hall–Kier alpha value is 0.411. The van der Waals surface area contributed by atoms with Gasteiger partial charge in [0.15, 0.2) is 31.2 Å². The van der Waals surface area contributed by atoms with Gasteiger partial charge < -0.3 is 27.5 Å². The Morgan fingerprint density at radius 1 is 0.654 bits per heavy atom. The largest absolute Gasteiger partial charge is 0.409 e. The molecule has 1 aliphatic rings. The van der Waals surface area contributed by atoms with Crippen LogP contribution in [0.4, 0.5) is 0 Å². The molecule has 0 radical (unpaired) electrons. The molecule has 0 aliphatic carbocycles. The zero-order valence-corrected chi connectivity index (χ0v) is 21.5. The van der Waals surface area contributed by atoms with Gasteiger partial charge in [-0.15, -0.1) is 0 Å². The lowest BCUT2D eigenvalue weighted by molar-refractivity contribution is -0.280. The van der Waals surface area contributed by atoms with E-state index in [0.717, 1.165) is 0 Å². The smallest absolute Gasteiger partial charge is 0.187 e. The summed E-state index contributed by atoms with van der Waals surface area (Å²) in [6.45, 7) is 19.9. The lowest BCUT2D eigenvalue weighted by atomic mass is 9.99. The Bertz CT molecular complexity index is 430. The second-order valence-electron chi connectivity index (χ2n) is 9.82. The quantitative estimate of drug-likeness (QED) is 0.526. The van der Waals surface area contributed by atoms with Crippen LogP contribution < -0.4 is 0 Å². The number of ether oxygens (including phenoxy) is 3. The van der Waals surface area contributed by atoms with Crippen molar-refractivity contribution in [3.63, 3.8) is 0 Å². The van der Waals surface area contributed by atoms with Crippen LogP contribution in [-0.4, -0.2) is 76.5 Å². The normalized spacial score (nSPS) is 31.3. The van der Waals surface area contributed by atoms with Crippen LogP contribution >= 0.6 is 0 Å². The van der Waals surface area contributed by atoms with E-state index in [-0.39, 0.29) is 24.4 Å². The molecule has 0 saturated carbocycles. The number of methoxy groups -OCH3 is 2. The molecule has 1 saturated heterocycles. The van der Waals surface area contributed by atoms with Crippen LogP contribution in [0.15, 0.2) is 0 Å². The van der Waals surface area contributed by atoms with Crippen LogP contribution in [-0.2, 0) is 27.5 Å². The molecule has 5 atom stereocenters. The van der Waals surface area contributed by atoms with E-state index in [9.17, 15) is 0 Å². The van der Waals surface area contributed by atoms with E-state index in [1.165, 1.54) is 0 Å². The minimum absolute atomic E-state index is 0.236. The monoisotopic (exact) mass is 424 g/mol. The molecule has 1 aliphatic heterocycles. The molecule has 9 heteroatoms. The van der Waals surface area contributed by atoms with Gasteiger partial charge in [-0.25, -0.2) is 0 Å². The first-order valence-electron chi connectivity index (χ1n) is 9.37. The van der Waals surface area contributed by atoms with Gasteiger partial charge in [0.25, 0.3) is 0 Å². The van der Waals surface area contributed by atoms with E-state index in [1.807, 2.05) is 0 Å². The third kappa shape index (κ3) is 8.19. The summed E-state index contributed by atoms with van der Waals surface area (Å²) in [5.74, 6) is 0. The first-order valence-corrected chi connectivity index (χ1v) is 19.6. The molecule has 1 heterocycles. The van der Waals surface area contributed by atoms with Crippen molar-refractivity contribution in [1.82, 2.24) is 0 Å². The predicted octanol–water partition coefficient (Wildman–Crippen LogP) is 3.66. The van der Waals surface area contributed by atoms with Gasteiger partial charge in [-0.3, -0.25) is 0 Å². The lowest BCUT2D eigenvalue weighted by Crippen LogP contribution is -2.65. The first kappa shape index (κ1) is 24.4. The first-order chi connectivity index (χ1) is 11.7. The van der Waals surface area contributed by atoms with Gasteiger partial charge >= 0.3 is 0 Å². The van der Waals surface area contributed by atoms with Crippen LogP contribution in [0.3, 0.4) is 0 Å². The molecule has 0 aromatic carbocycles. The molecule has 1 fully saturated rings. The molecule has 0 N–H and O–H groups in total. The Balaban J connectivity index is 3.25. The van der Waals surface area contributed by atoms with Crippen LogP contribution in [0, 0.1) is 0 Å². The maximum atomic E-state index is 6.57. The van der Waals surface area contributed by atoms with Crippen molar-refractivity contribution in [1.29, 1.82) is 0 Å². The molecule has 0 spiro atoms. The zero-order chi connectivity index (χ0) is 20.3. The van der Waals surface area contributed by atoms with E-state index >= 15 is 0 Å². The van der Waals surface area contributed by atoms with Crippen molar-refractivity contribution in [3.05, 3.63) is 0 Å². The van der Waals surface area contributed by atoms with Gasteiger partial charge in [0.05, 0.1) is 6.61 Å². The minimum Gasteiger partial charge on any atom is -0.409 e. The lowest BCUT2D eigenvalue weighted by Gasteiger charge is -2.49. The van der Waals surface area contributed by atoms with Gasteiger partial charge in [-0.1, -0.05) is 0 Å². The Morgan fingerprint density at radius 2 is 1.12 bits per heavy atom. The van der Waals surface area contributed by atoms with E-state index in [2.05, 4.69) is 58.9 Å². The Labute approximate surface area is 163 Å². The Morgan fingerprint density at radius 3 is 1.50 bits per heavy atom. The maximum Gasteiger partial charge on any atom is 0.187 e. The van der Waals surface area contributed by atoms with Crippen LogP contribution in [0.5, 0.6) is 0 Å². The number of hydrogen-bond donors (Lipinski definition) is 0. The summed E-state index contributed by atoms with van der Waals surface area (Å²) in [5.41, 5.74) is 0. The van der Waals surface area contributed by atoms with Crippen LogP contribution in [0.25, 0.3) is 0 Å². The van der Waals surface area contributed by atoms with Crippen molar-refractivity contribution >= 4 is 25.0 Å². The summed E-state index contributed by atoms with van der Waals surface area (Å²) in [4.78, 5) is 0. The topological polar surface area (TPSA) is 55.4 Å². The van der Waals surface area contributed by atoms with Crippen molar-refractivity contribution in [2.24, 2.45) is 0 Å². The summed E-state index contributed by atoms with van der Waals surface area (Å²) >= 11 is 0. The fraction of sp³-hybridized carbons (Fsp3) is 1.00. The maximum absolute atomic E-state index is 6.57. The molecule has 0 aromatic rings. The van der Waals surface area contributed by atoms with Crippen molar-refractivity contribution in [3.8, 4) is 0 Å². The van der Waals surface area contributed by atoms with E-state index in [4.69, 9.17) is 27.5 Å². The fourth-order valence-corrected chi connectivity index (χ4v) is 6.03. The summed E-state index contributed by atoms with van der Waals surface area (Å²) in [6.07, 6.45) is -1.54. The molecule has 26 heavy (non-hydrogen) atoms. The zero-order valence-electron chi connectivity index (χ0n) is 18.5. The Kier molecular flexibility index (Phi) is 8.72. The highest BCUT2D eigenvalue weighted by atomic mass is 28.4. The van der Waals surface area contributed by atoms with Gasteiger partial charge in [-0.2, -0.15) is 0 Å². The van der Waals surface area contributed by atoms with Crippen molar-refractivity contribution < 1.29 is 27.5 Å². The average Bonchev–Trinajstić information content (AvgIpc) is 2.38. The highest BCUT2D eigenvalue weighted by Gasteiger charge is 2.51. The second kappa shape index (κ2) is 9.27. The number of hydrogen-bond acceptors (Lipinski definition) is 6.